The standard InChI is InChI=1S/C15H25N3O3.HI/c1-3-21-9-5-8-17-15(16)18-11-14(19)12-6-4-7-13(10-12)20-2;/h4,6-7,10,14,19H,3,5,8-9,11H2,1-2H3,(H3,16,17,18);1H. The van der Waals surface area contributed by atoms with Crippen LogP contribution >= 0.6 is 24.0 Å². The summed E-state index contributed by atoms with van der Waals surface area (Å²) >= 11 is 0. The van der Waals surface area contributed by atoms with Crippen LogP contribution in [0, 0.1) is 0 Å². The Morgan fingerprint density at radius 3 is 2.91 bits per heavy atom. The Bertz CT molecular complexity index is 444. The minimum Gasteiger partial charge on any atom is -0.497 e. The quantitative estimate of drug-likeness (QED) is 0.244. The van der Waals surface area contributed by atoms with Crippen molar-refractivity contribution in [1.82, 2.24) is 5.32 Å². The summed E-state index contributed by atoms with van der Waals surface area (Å²) in [5.74, 6) is 1.03. The van der Waals surface area contributed by atoms with Crippen LogP contribution in [0.4, 0.5) is 0 Å². The van der Waals surface area contributed by atoms with Crippen LogP contribution < -0.4 is 15.8 Å². The fraction of sp³-hybridized carbons (Fsp3) is 0.533. The second kappa shape index (κ2) is 12.5. The Morgan fingerprint density at radius 1 is 1.45 bits per heavy atom. The van der Waals surface area contributed by atoms with E-state index < -0.39 is 6.10 Å². The zero-order valence-electron chi connectivity index (χ0n) is 13.1. The lowest BCUT2D eigenvalue weighted by molar-refractivity contribution is 0.145. The van der Waals surface area contributed by atoms with Gasteiger partial charge in [0.2, 0.25) is 0 Å². The van der Waals surface area contributed by atoms with Crippen LogP contribution in [0.15, 0.2) is 29.3 Å². The number of guanidine groups is 1. The Hall–Kier alpha value is -1.06. The van der Waals surface area contributed by atoms with Crippen molar-refractivity contribution in [2.24, 2.45) is 10.7 Å². The largest absolute Gasteiger partial charge is 0.497 e. The van der Waals surface area contributed by atoms with Crippen molar-refractivity contribution in [3.8, 4) is 5.75 Å². The van der Waals surface area contributed by atoms with Crippen LogP contribution in [0.5, 0.6) is 5.75 Å². The first-order chi connectivity index (χ1) is 10.2. The van der Waals surface area contributed by atoms with Gasteiger partial charge in [0.15, 0.2) is 5.96 Å². The zero-order chi connectivity index (χ0) is 15.5. The molecule has 0 heterocycles. The molecule has 0 spiro atoms. The monoisotopic (exact) mass is 423 g/mol. The molecule has 4 N–H and O–H groups in total. The van der Waals surface area contributed by atoms with Gasteiger partial charge in [-0.25, -0.2) is 0 Å². The lowest BCUT2D eigenvalue weighted by Crippen LogP contribution is -2.33. The van der Waals surface area contributed by atoms with Gasteiger partial charge >= 0.3 is 0 Å². The van der Waals surface area contributed by atoms with E-state index in [1.54, 1.807) is 13.2 Å². The maximum absolute atomic E-state index is 10.1. The molecule has 1 unspecified atom stereocenters. The Balaban J connectivity index is 0.00000441. The van der Waals surface area contributed by atoms with Crippen molar-refractivity contribution < 1.29 is 14.6 Å². The van der Waals surface area contributed by atoms with Gasteiger partial charge in [0, 0.05) is 19.8 Å². The van der Waals surface area contributed by atoms with Crippen molar-refractivity contribution >= 4 is 29.9 Å². The average molecular weight is 423 g/mol. The summed E-state index contributed by atoms with van der Waals surface area (Å²) < 4.78 is 10.3. The van der Waals surface area contributed by atoms with Crippen molar-refractivity contribution in [2.75, 3.05) is 33.4 Å². The number of ether oxygens (including phenoxy) is 2. The number of aliphatic hydroxyl groups excluding tert-OH is 1. The molecule has 0 radical (unpaired) electrons. The smallest absolute Gasteiger partial charge is 0.188 e. The molecule has 1 aromatic carbocycles. The van der Waals surface area contributed by atoms with E-state index in [4.69, 9.17) is 15.2 Å². The molecule has 6 nitrogen and oxygen atoms in total. The number of aliphatic imine (C=N–C) groups is 1. The first-order valence-corrected chi connectivity index (χ1v) is 7.11. The van der Waals surface area contributed by atoms with Gasteiger partial charge in [0.25, 0.3) is 0 Å². The van der Waals surface area contributed by atoms with Crippen LogP contribution in [0.3, 0.4) is 0 Å². The summed E-state index contributed by atoms with van der Waals surface area (Å²) in [6.07, 6.45) is 0.159. The predicted molar refractivity (Wildman–Crippen MR) is 99.0 cm³/mol. The third kappa shape index (κ3) is 8.40. The molecule has 0 saturated heterocycles. The van der Waals surface area contributed by atoms with Gasteiger partial charge in [-0.1, -0.05) is 12.1 Å². The maximum atomic E-state index is 10.1. The Labute approximate surface area is 149 Å². The van der Waals surface area contributed by atoms with Gasteiger partial charge in [-0.15, -0.1) is 24.0 Å². The number of methoxy groups -OCH3 is 1. The lowest BCUT2D eigenvalue weighted by atomic mass is 10.1. The zero-order valence-corrected chi connectivity index (χ0v) is 15.4. The lowest BCUT2D eigenvalue weighted by Gasteiger charge is -2.11. The molecule has 1 rings (SSSR count). The average Bonchev–Trinajstić information content (AvgIpc) is 2.52. The molecule has 0 aromatic heterocycles. The van der Waals surface area contributed by atoms with Crippen LogP contribution in [-0.2, 0) is 4.74 Å². The van der Waals surface area contributed by atoms with E-state index in [-0.39, 0.29) is 30.5 Å². The molecule has 22 heavy (non-hydrogen) atoms. The van der Waals surface area contributed by atoms with Gasteiger partial charge in [-0.3, -0.25) is 4.99 Å². The van der Waals surface area contributed by atoms with E-state index in [0.29, 0.717) is 24.9 Å². The molecule has 0 aliphatic rings. The van der Waals surface area contributed by atoms with Crippen LogP contribution in [0.1, 0.15) is 25.0 Å². The minimum absolute atomic E-state index is 0. The van der Waals surface area contributed by atoms with E-state index in [1.807, 2.05) is 25.1 Å². The molecule has 0 amide bonds. The number of hydrogen-bond acceptors (Lipinski definition) is 4. The molecule has 0 aliphatic heterocycles. The summed E-state index contributed by atoms with van der Waals surface area (Å²) in [4.78, 5) is 4.13. The second-order valence-electron chi connectivity index (χ2n) is 4.50. The highest BCUT2D eigenvalue weighted by molar-refractivity contribution is 14.0. The molecule has 0 aliphatic carbocycles. The molecule has 7 heteroatoms. The van der Waals surface area contributed by atoms with Crippen molar-refractivity contribution in [3.63, 3.8) is 0 Å². The Kier molecular flexibility index (Phi) is 11.9. The van der Waals surface area contributed by atoms with Crippen LogP contribution in [-0.4, -0.2) is 44.5 Å². The maximum Gasteiger partial charge on any atom is 0.188 e. The molecular formula is C15H26IN3O3. The van der Waals surface area contributed by atoms with Gasteiger partial charge in [-0.2, -0.15) is 0 Å². The number of hydrogen-bond donors (Lipinski definition) is 3. The number of aliphatic hydroxyl groups is 1. The predicted octanol–water partition coefficient (Wildman–Crippen LogP) is 1.68. The number of halogens is 1. The van der Waals surface area contributed by atoms with E-state index >= 15 is 0 Å². The van der Waals surface area contributed by atoms with E-state index in [9.17, 15) is 5.11 Å². The molecule has 0 bridgehead atoms. The fourth-order valence-electron chi connectivity index (χ4n) is 1.73. The van der Waals surface area contributed by atoms with Crippen molar-refractivity contribution in [1.29, 1.82) is 0 Å². The number of nitrogens with one attached hydrogen (secondary N) is 1. The summed E-state index contributed by atoms with van der Waals surface area (Å²) in [5, 5.41) is 13.0. The van der Waals surface area contributed by atoms with E-state index in [1.165, 1.54) is 0 Å². The van der Waals surface area contributed by atoms with Crippen LogP contribution in [0.2, 0.25) is 0 Å². The van der Waals surface area contributed by atoms with Crippen molar-refractivity contribution in [3.05, 3.63) is 29.8 Å². The number of benzene rings is 1. The SMILES string of the molecule is CCOCCCNC(N)=NCC(O)c1cccc(OC)c1.I. The summed E-state index contributed by atoms with van der Waals surface area (Å²) in [6.45, 7) is 4.28. The van der Waals surface area contributed by atoms with Gasteiger partial charge in [-0.05, 0) is 31.0 Å². The second-order valence-corrected chi connectivity index (χ2v) is 4.50. The number of nitrogens with two attached hydrogens (primary N) is 1. The van der Waals surface area contributed by atoms with Gasteiger partial charge in [0.05, 0.1) is 19.8 Å². The van der Waals surface area contributed by atoms with Gasteiger partial charge < -0.3 is 25.6 Å². The first-order valence-electron chi connectivity index (χ1n) is 7.11. The fourth-order valence-corrected chi connectivity index (χ4v) is 1.73. The molecule has 1 atom stereocenters. The third-order valence-electron chi connectivity index (χ3n) is 2.89. The van der Waals surface area contributed by atoms with Crippen molar-refractivity contribution in [2.45, 2.75) is 19.4 Å². The first kappa shape index (κ1) is 20.9. The number of rotatable bonds is 9. The Morgan fingerprint density at radius 2 is 2.23 bits per heavy atom. The topological polar surface area (TPSA) is 89.1 Å². The highest BCUT2D eigenvalue weighted by Crippen LogP contribution is 2.19. The molecule has 0 saturated carbocycles. The highest BCUT2D eigenvalue weighted by Gasteiger charge is 2.07. The molecule has 126 valence electrons. The third-order valence-corrected chi connectivity index (χ3v) is 2.89. The summed E-state index contributed by atoms with van der Waals surface area (Å²) in [6, 6.07) is 7.27. The molecule has 1 aromatic rings. The summed E-state index contributed by atoms with van der Waals surface area (Å²) in [5.41, 5.74) is 6.49. The number of nitrogens with zero attached hydrogens (tertiary/aromatic N) is 1. The molecule has 0 fully saturated rings. The molecular weight excluding hydrogens is 397 g/mol. The van der Waals surface area contributed by atoms with Gasteiger partial charge in [0.1, 0.15) is 5.75 Å². The van der Waals surface area contributed by atoms with E-state index in [2.05, 4.69) is 10.3 Å². The normalized spacial score (nSPS) is 12.4. The summed E-state index contributed by atoms with van der Waals surface area (Å²) in [7, 11) is 1.59. The highest BCUT2D eigenvalue weighted by atomic mass is 127. The minimum atomic E-state index is -0.705. The van der Waals surface area contributed by atoms with Crippen LogP contribution in [0.25, 0.3) is 0 Å². The van der Waals surface area contributed by atoms with E-state index in [0.717, 1.165) is 18.6 Å².